The van der Waals surface area contributed by atoms with Crippen LogP contribution >= 0.6 is 0 Å². The van der Waals surface area contributed by atoms with Gasteiger partial charge in [-0.3, -0.25) is 4.79 Å². The quantitative estimate of drug-likeness (QED) is 0.552. The van der Waals surface area contributed by atoms with Gasteiger partial charge in [-0.1, -0.05) is 72.3 Å². The minimum atomic E-state index is -0.673. The predicted octanol–water partition coefficient (Wildman–Crippen LogP) is 5.04. The van der Waals surface area contributed by atoms with Crippen molar-refractivity contribution >= 4 is 5.97 Å². The number of allylic oxidation sites excluding steroid dienone is 2. The second-order valence-electron chi connectivity index (χ2n) is 6.25. The van der Waals surface area contributed by atoms with E-state index in [9.17, 15) is 4.79 Å². The molecule has 120 valence electrons. The van der Waals surface area contributed by atoms with Crippen molar-refractivity contribution in [3.63, 3.8) is 0 Å². The lowest BCUT2D eigenvalue weighted by atomic mass is 9.79. The average Bonchev–Trinajstić information content (AvgIpc) is 2.59. The second kappa shape index (κ2) is 7.77. The molecule has 0 aliphatic carbocycles. The molecule has 0 aromatic heterocycles. The van der Waals surface area contributed by atoms with Crippen LogP contribution < -0.4 is 0 Å². The maximum absolute atomic E-state index is 12.8. The molecule has 2 rings (SSSR count). The van der Waals surface area contributed by atoms with Crippen molar-refractivity contribution < 1.29 is 9.53 Å². The molecule has 0 amide bonds. The summed E-state index contributed by atoms with van der Waals surface area (Å²) in [7, 11) is 0. The van der Waals surface area contributed by atoms with Crippen molar-refractivity contribution in [2.24, 2.45) is 0 Å². The first-order chi connectivity index (χ1) is 11.0. The summed E-state index contributed by atoms with van der Waals surface area (Å²) in [5.74, 6) is -0.190. The number of carbonyl (C=O) groups excluding carboxylic acids is 1. The fourth-order valence-corrected chi connectivity index (χ4v) is 2.42. The van der Waals surface area contributed by atoms with Crippen LogP contribution in [-0.4, -0.2) is 5.97 Å². The van der Waals surface area contributed by atoms with Crippen molar-refractivity contribution in [3.8, 4) is 0 Å². The molecule has 0 radical (unpaired) electrons. The summed E-state index contributed by atoms with van der Waals surface area (Å²) in [5.41, 5.74) is 2.50. The molecule has 0 aliphatic heterocycles. The summed E-state index contributed by atoms with van der Waals surface area (Å²) in [4.78, 5) is 12.8. The van der Waals surface area contributed by atoms with Crippen LogP contribution in [0.4, 0.5) is 0 Å². The van der Waals surface area contributed by atoms with Gasteiger partial charge in [0.1, 0.15) is 6.61 Å². The highest BCUT2D eigenvalue weighted by atomic mass is 16.5. The van der Waals surface area contributed by atoms with Crippen LogP contribution in [0.3, 0.4) is 0 Å². The van der Waals surface area contributed by atoms with Crippen molar-refractivity contribution in [2.75, 3.05) is 0 Å². The van der Waals surface area contributed by atoms with E-state index in [-0.39, 0.29) is 5.97 Å². The Kier molecular flexibility index (Phi) is 5.75. The molecule has 0 bridgehead atoms. The Morgan fingerprint density at radius 3 is 2.13 bits per heavy atom. The summed E-state index contributed by atoms with van der Waals surface area (Å²) in [6.07, 6.45) is 2.73. The number of rotatable bonds is 6. The molecule has 0 fully saturated rings. The van der Waals surface area contributed by atoms with Gasteiger partial charge < -0.3 is 4.74 Å². The number of benzene rings is 2. The van der Waals surface area contributed by atoms with Crippen molar-refractivity contribution in [1.29, 1.82) is 0 Å². The van der Waals surface area contributed by atoms with E-state index in [1.54, 1.807) is 0 Å². The zero-order chi connectivity index (χ0) is 16.7. The van der Waals surface area contributed by atoms with Gasteiger partial charge in [0.2, 0.25) is 0 Å². The second-order valence-corrected chi connectivity index (χ2v) is 6.25. The first-order valence-corrected chi connectivity index (χ1v) is 7.92. The van der Waals surface area contributed by atoms with Crippen LogP contribution in [0.25, 0.3) is 0 Å². The molecule has 2 heteroatoms. The Morgan fingerprint density at radius 1 is 1.00 bits per heavy atom. The van der Waals surface area contributed by atoms with E-state index >= 15 is 0 Å². The van der Waals surface area contributed by atoms with Crippen LogP contribution in [0.1, 0.15) is 38.3 Å². The number of hydrogen-bond donors (Lipinski definition) is 0. The normalized spacial score (nSPS) is 13.0. The van der Waals surface area contributed by atoms with Crippen LogP contribution in [-0.2, 0) is 21.6 Å². The third-order valence-corrected chi connectivity index (χ3v) is 3.99. The van der Waals surface area contributed by atoms with E-state index in [1.165, 1.54) is 5.57 Å². The highest BCUT2D eigenvalue weighted by molar-refractivity contribution is 5.83. The van der Waals surface area contributed by atoms with Gasteiger partial charge in [0.15, 0.2) is 0 Å². The first kappa shape index (κ1) is 17.0. The van der Waals surface area contributed by atoms with E-state index in [4.69, 9.17) is 4.74 Å². The zero-order valence-corrected chi connectivity index (χ0v) is 14.1. The molecule has 2 aromatic rings. The topological polar surface area (TPSA) is 26.3 Å². The first-order valence-electron chi connectivity index (χ1n) is 7.92. The van der Waals surface area contributed by atoms with Crippen LogP contribution in [0.15, 0.2) is 72.3 Å². The third-order valence-electron chi connectivity index (χ3n) is 3.99. The lowest BCUT2D eigenvalue weighted by Gasteiger charge is -2.27. The zero-order valence-electron chi connectivity index (χ0n) is 14.1. The van der Waals surface area contributed by atoms with Gasteiger partial charge in [-0.05, 0) is 38.3 Å². The number of ether oxygens (including phenoxy) is 1. The van der Waals surface area contributed by atoms with Crippen molar-refractivity contribution in [3.05, 3.63) is 83.4 Å². The van der Waals surface area contributed by atoms with Crippen molar-refractivity contribution in [1.82, 2.24) is 0 Å². The summed E-state index contributed by atoms with van der Waals surface area (Å²) < 4.78 is 5.61. The summed E-state index contributed by atoms with van der Waals surface area (Å²) in [6.45, 7) is 6.34. The summed E-state index contributed by atoms with van der Waals surface area (Å²) in [5, 5.41) is 0. The van der Waals surface area contributed by atoms with E-state index in [1.807, 2.05) is 81.4 Å². The Balaban J connectivity index is 2.19. The van der Waals surface area contributed by atoms with Gasteiger partial charge in [0.05, 0.1) is 5.41 Å². The molecule has 2 aromatic carbocycles. The van der Waals surface area contributed by atoms with Crippen LogP contribution in [0.2, 0.25) is 0 Å². The fraction of sp³-hybridized carbons (Fsp3) is 0.286. The minimum absolute atomic E-state index is 0.190. The number of hydrogen-bond acceptors (Lipinski definition) is 2. The number of esters is 1. The SMILES string of the molecule is CC(C)=CCC(C)(C(=O)OCc1ccccc1)c1ccccc1. The van der Waals surface area contributed by atoms with Gasteiger partial charge >= 0.3 is 5.97 Å². The lowest BCUT2D eigenvalue weighted by molar-refractivity contribution is -0.151. The smallest absolute Gasteiger partial charge is 0.316 e. The standard InChI is InChI=1S/C21H24O2/c1-17(2)14-15-21(3,19-12-8-5-9-13-19)20(22)23-16-18-10-6-4-7-11-18/h4-14H,15-16H2,1-3H3. The highest BCUT2D eigenvalue weighted by Gasteiger charge is 2.35. The monoisotopic (exact) mass is 308 g/mol. The highest BCUT2D eigenvalue weighted by Crippen LogP contribution is 2.30. The van der Waals surface area contributed by atoms with Gasteiger partial charge in [-0.25, -0.2) is 0 Å². The molecule has 0 aliphatic rings. The Bertz CT molecular complexity index is 655. The maximum Gasteiger partial charge on any atom is 0.316 e. The van der Waals surface area contributed by atoms with E-state index in [2.05, 4.69) is 6.08 Å². The molecule has 0 spiro atoms. The molecule has 23 heavy (non-hydrogen) atoms. The molecule has 2 nitrogen and oxygen atoms in total. The minimum Gasteiger partial charge on any atom is -0.460 e. The molecule has 0 saturated heterocycles. The van der Waals surface area contributed by atoms with Gasteiger partial charge in [0.25, 0.3) is 0 Å². The van der Waals surface area contributed by atoms with Crippen LogP contribution in [0.5, 0.6) is 0 Å². The number of carbonyl (C=O) groups is 1. The van der Waals surface area contributed by atoms with E-state index in [0.717, 1.165) is 11.1 Å². The molecular formula is C21H24O2. The molecule has 0 N–H and O–H groups in total. The Morgan fingerprint density at radius 2 is 1.57 bits per heavy atom. The van der Waals surface area contributed by atoms with E-state index in [0.29, 0.717) is 13.0 Å². The molecule has 0 saturated carbocycles. The third kappa shape index (κ3) is 4.56. The molecule has 1 unspecified atom stereocenters. The largest absolute Gasteiger partial charge is 0.460 e. The molecule has 0 heterocycles. The maximum atomic E-state index is 12.8. The summed E-state index contributed by atoms with van der Waals surface area (Å²) in [6, 6.07) is 19.6. The lowest BCUT2D eigenvalue weighted by Crippen LogP contribution is -2.34. The van der Waals surface area contributed by atoms with Gasteiger partial charge in [-0.2, -0.15) is 0 Å². The fourth-order valence-electron chi connectivity index (χ4n) is 2.42. The Hall–Kier alpha value is -2.35. The van der Waals surface area contributed by atoms with E-state index < -0.39 is 5.41 Å². The van der Waals surface area contributed by atoms with Gasteiger partial charge in [0, 0.05) is 0 Å². The molecular weight excluding hydrogens is 284 g/mol. The molecule has 1 atom stereocenters. The van der Waals surface area contributed by atoms with Gasteiger partial charge in [-0.15, -0.1) is 0 Å². The Labute approximate surface area is 138 Å². The van der Waals surface area contributed by atoms with Crippen LogP contribution in [0, 0.1) is 0 Å². The average molecular weight is 308 g/mol. The predicted molar refractivity (Wildman–Crippen MR) is 94.1 cm³/mol. The summed E-state index contributed by atoms with van der Waals surface area (Å²) >= 11 is 0. The van der Waals surface area contributed by atoms with Crippen molar-refractivity contribution in [2.45, 2.75) is 39.2 Å².